The summed E-state index contributed by atoms with van der Waals surface area (Å²) in [5.41, 5.74) is 2.56. The molecule has 6 heteroatoms. The summed E-state index contributed by atoms with van der Waals surface area (Å²) in [5.74, 6) is -0.168. The third-order valence-corrected chi connectivity index (χ3v) is 3.33. The second kappa shape index (κ2) is 6.00. The third kappa shape index (κ3) is 3.42. The Labute approximate surface area is 132 Å². The normalized spacial score (nSPS) is 10.6. The summed E-state index contributed by atoms with van der Waals surface area (Å²) in [6.07, 6.45) is 4.81. The Hall–Kier alpha value is -3.02. The average molecular weight is 310 g/mol. The molecule has 0 aliphatic heterocycles. The van der Waals surface area contributed by atoms with Gasteiger partial charge in [-0.25, -0.2) is 4.39 Å². The molecule has 0 saturated carbocycles. The van der Waals surface area contributed by atoms with Crippen LogP contribution in [-0.4, -0.2) is 20.7 Å². The molecule has 0 fully saturated rings. The maximum Gasteiger partial charge on any atom is 0.258 e. The zero-order chi connectivity index (χ0) is 16.4. The van der Waals surface area contributed by atoms with Crippen molar-refractivity contribution in [2.24, 2.45) is 7.05 Å². The highest BCUT2D eigenvalue weighted by atomic mass is 19.1. The molecular formula is C17H15FN4O. The third-order valence-electron chi connectivity index (χ3n) is 3.33. The van der Waals surface area contributed by atoms with Gasteiger partial charge < -0.3 is 5.32 Å². The van der Waals surface area contributed by atoms with Gasteiger partial charge in [0.1, 0.15) is 5.82 Å². The van der Waals surface area contributed by atoms with Gasteiger partial charge in [-0.2, -0.15) is 5.10 Å². The van der Waals surface area contributed by atoms with E-state index < -0.39 is 0 Å². The molecule has 0 aliphatic carbocycles. The van der Waals surface area contributed by atoms with Crippen LogP contribution in [0.25, 0.3) is 11.1 Å². The smallest absolute Gasteiger partial charge is 0.258 e. The van der Waals surface area contributed by atoms with Crippen LogP contribution in [0, 0.1) is 12.7 Å². The van der Waals surface area contributed by atoms with E-state index in [0.717, 1.165) is 5.56 Å². The first-order chi connectivity index (χ1) is 11.0. The molecule has 1 amide bonds. The average Bonchev–Trinajstić information content (AvgIpc) is 2.91. The summed E-state index contributed by atoms with van der Waals surface area (Å²) < 4.78 is 15.1. The van der Waals surface area contributed by atoms with Crippen molar-refractivity contribution in [2.75, 3.05) is 5.32 Å². The van der Waals surface area contributed by atoms with Crippen LogP contribution in [0.1, 0.15) is 15.9 Å². The van der Waals surface area contributed by atoms with Crippen LogP contribution in [0.2, 0.25) is 0 Å². The van der Waals surface area contributed by atoms with Gasteiger partial charge in [-0.15, -0.1) is 0 Å². The number of hydrogen-bond acceptors (Lipinski definition) is 3. The number of benzene rings is 1. The fourth-order valence-corrected chi connectivity index (χ4v) is 2.30. The van der Waals surface area contributed by atoms with Gasteiger partial charge in [0.15, 0.2) is 5.82 Å². The van der Waals surface area contributed by atoms with E-state index >= 15 is 0 Å². The van der Waals surface area contributed by atoms with E-state index in [9.17, 15) is 9.18 Å². The van der Waals surface area contributed by atoms with Crippen LogP contribution in [-0.2, 0) is 7.05 Å². The van der Waals surface area contributed by atoms with Crippen molar-refractivity contribution in [1.29, 1.82) is 0 Å². The minimum atomic E-state index is -0.316. The Morgan fingerprint density at radius 3 is 2.70 bits per heavy atom. The lowest BCUT2D eigenvalue weighted by Gasteiger charge is -2.06. The Kier molecular flexibility index (Phi) is 3.89. The molecule has 3 rings (SSSR count). The number of aromatic nitrogens is 3. The number of amides is 1. The number of hydrogen-bond donors (Lipinski definition) is 1. The molecule has 116 valence electrons. The van der Waals surface area contributed by atoms with Gasteiger partial charge in [0, 0.05) is 37.3 Å². The van der Waals surface area contributed by atoms with Crippen LogP contribution in [0.15, 0.2) is 48.9 Å². The molecule has 23 heavy (non-hydrogen) atoms. The molecule has 0 spiro atoms. The van der Waals surface area contributed by atoms with Crippen molar-refractivity contribution in [3.8, 4) is 11.1 Å². The number of nitrogens with zero attached hydrogens (tertiary/aromatic N) is 3. The second-order valence-corrected chi connectivity index (χ2v) is 5.31. The van der Waals surface area contributed by atoms with Crippen molar-refractivity contribution in [2.45, 2.75) is 6.92 Å². The number of carbonyl (C=O) groups is 1. The van der Waals surface area contributed by atoms with Gasteiger partial charge in [0.25, 0.3) is 5.91 Å². The van der Waals surface area contributed by atoms with Gasteiger partial charge >= 0.3 is 0 Å². The topological polar surface area (TPSA) is 59.8 Å². The van der Waals surface area contributed by atoms with Gasteiger partial charge in [-0.3, -0.25) is 14.5 Å². The quantitative estimate of drug-likeness (QED) is 0.808. The summed E-state index contributed by atoms with van der Waals surface area (Å²) in [6.45, 7) is 1.82. The van der Waals surface area contributed by atoms with Crippen molar-refractivity contribution in [1.82, 2.24) is 14.8 Å². The van der Waals surface area contributed by atoms with E-state index in [2.05, 4.69) is 15.4 Å². The van der Waals surface area contributed by atoms with E-state index in [1.54, 1.807) is 36.3 Å². The van der Waals surface area contributed by atoms with Crippen molar-refractivity contribution in [3.63, 3.8) is 0 Å². The Balaban J connectivity index is 1.88. The van der Waals surface area contributed by atoms with Crippen molar-refractivity contribution in [3.05, 3.63) is 65.9 Å². The summed E-state index contributed by atoms with van der Waals surface area (Å²) >= 11 is 0. The van der Waals surface area contributed by atoms with E-state index in [0.29, 0.717) is 22.5 Å². The molecule has 0 aliphatic rings. The fraction of sp³-hybridized carbons (Fsp3) is 0.118. The van der Waals surface area contributed by atoms with Gasteiger partial charge in [-0.1, -0.05) is 6.07 Å². The van der Waals surface area contributed by atoms with Crippen LogP contribution in [0.5, 0.6) is 0 Å². The summed E-state index contributed by atoms with van der Waals surface area (Å²) in [5, 5.41) is 6.79. The van der Waals surface area contributed by atoms with Gasteiger partial charge in [-0.05, 0) is 36.2 Å². The predicted molar refractivity (Wildman–Crippen MR) is 85.5 cm³/mol. The molecule has 2 aromatic heterocycles. The van der Waals surface area contributed by atoms with E-state index in [1.165, 1.54) is 18.3 Å². The first kappa shape index (κ1) is 14.9. The highest BCUT2D eigenvalue weighted by Gasteiger charge is 2.10. The second-order valence-electron chi connectivity index (χ2n) is 5.31. The van der Waals surface area contributed by atoms with E-state index in [-0.39, 0.29) is 11.7 Å². The highest BCUT2D eigenvalue weighted by Crippen LogP contribution is 2.22. The molecule has 0 atom stereocenters. The summed E-state index contributed by atoms with van der Waals surface area (Å²) in [4.78, 5) is 16.3. The minimum Gasteiger partial charge on any atom is -0.305 e. The number of aryl methyl sites for hydroxylation is 2. The monoisotopic (exact) mass is 310 g/mol. The highest BCUT2D eigenvalue weighted by molar-refractivity contribution is 6.04. The Bertz CT molecular complexity index is 852. The zero-order valence-electron chi connectivity index (χ0n) is 12.7. The lowest BCUT2D eigenvalue weighted by Crippen LogP contribution is -2.13. The first-order valence-corrected chi connectivity index (χ1v) is 7.05. The summed E-state index contributed by atoms with van der Waals surface area (Å²) in [7, 11) is 1.77. The summed E-state index contributed by atoms with van der Waals surface area (Å²) in [6, 6.07) is 8.10. The SMILES string of the molecule is Cc1cc(F)cc(-c2cncc(C(=O)Nc3ccn(C)n3)c2)c1. The molecule has 1 aromatic carbocycles. The first-order valence-electron chi connectivity index (χ1n) is 7.05. The molecule has 0 radical (unpaired) electrons. The van der Waals surface area contributed by atoms with E-state index in [1.807, 2.05) is 13.0 Å². The maximum absolute atomic E-state index is 13.6. The largest absolute Gasteiger partial charge is 0.305 e. The maximum atomic E-state index is 13.6. The van der Waals surface area contributed by atoms with Crippen LogP contribution >= 0.6 is 0 Å². The minimum absolute atomic E-state index is 0.314. The van der Waals surface area contributed by atoms with Crippen molar-refractivity contribution >= 4 is 11.7 Å². The molecule has 3 aromatic rings. The number of rotatable bonds is 3. The predicted octanol–water partition coefficient (Wildman–Crippen LogP) is 3.18. The fourth-order valence-electron chi connectivity index (χ4n) is 2.30. The van der Waals surface area contributed by atoms with E-state index in [4.69, 9.17) is 0 Å². The molecular weight excluding hydrogens is 295 g/mol. The number of carbonyl (C=O) groups excluding carboxylic acids is 1. The van der Waals surface area contributed by atoms with Crippen LogP contribution < -0.4 is 5.32 Å². The lowest BCUT2D eigenvalue weighted by molar-refractivity contribution is 0.102. The zero-order valence-corrected chi connectivity index (χ0v) is 12.7. The number of anilines is 1. The lowest BCUT2D eigenvalue weighted by atomic mass is 10.0. The molecule has 2 heterocycles. The molecule has 1 N–H and O–H groups in total. The molecule has 0 saturated heterocycles. The molecule has 0 unspecified atom stereocenters. The number of halogens is 1. The molecule has 5 nitrogen and oxygen atoms in total. The number of nitrogens with one attached hydrogen (secondary N) is 1. The Morgan fingerprint density at radius 1 is 1.17 bits per heavy atom. The standard InChI is InChI=1S/C17H15FN4O/c1-11-5-12(8-15(18)6-11)13-7-14(10-19-9-13)17(23)20-16-3-4-22(2)21-16/h3-10H,1-2H3,(H,20,21,23). The van der Waals surface area contributed by atoms with Crippen LogP contribution in [0.4, 0.5) is 10.2 Å². The van der Waals surface area contributed by atoms with Gasteiger partial charge in [0.2, 0.25) is 0 Å². The van der Waals surface area contributed by atoms with Crippen LogP contribution in [0.3, 0.4) is 0 Å². The van der Waals surface area contributed by atoms with Crippen molar-refractivity contribution < 1.29 is 9.18 Å². The van der Waals surface area contributed by atoms with Gasteiger partial charge in [0.05, 0.1) is 5.56 Å². The number of pyridine rings is 1. The molecule has 0 bridgehead atoms. The Morgan fingerprint density at radius 2 is 2.00 bits per heavy atom.